The summed E-state index contributed by atoms with van der Waals surface area (Å²) in [5.74, 6) is 0. The molecule has 0 spiro atoms. The van der Waals surface area contributed by atoms with E-state index in [-0.39, 0.29) is 12.1 Å². The van der Waals surface area contributed by atoms with Gasteiger partial charge in [0.05, 0.1) is 0 Å². The molecule has 0 aromatic carbocycles. The summed E-state index contributed by atoms with van der Waals surface area (Å²) in [6.45, 7) is 0.907. The first-order valence-corrected chi connectivity index (χ1v) is 9.54. The van der Waals surface area contributed by atoms with Crippen molar-refractivity contribution in [2.75, 3.05) is 27.2 Å². The second-order valence-corrected chi connectivity index (χ2v) is 8.56. The number of nitrogens with one attached hydrogen (secondary N) is 2. The average Bonchev–Trinajstić information content (AvgIpc) is 2.48. The van der Waals surface area contributed by atoms with Gasteiger partial charge in [0.15, 0.2) is 0 Å². The van der Waals surface area contributed by atoms with Crippen molar-refractivity contribution in [3.63, 3.8) is 0 Å². The molecule has 22 heavy (non-hydrogen) atoms. The van der Waals surface area contributed by atoms with E-state index in [9.17, 15) is 13.2 Å². The fourth-order valence-corrected chi connectivity index (χ4v) is 4.26. The summed E-state index contributed by atoms with van der Waals surface area (Å²) in [6, 6.07) is 0.237. The Morgan fingerprint density at radius 2 is 1.45 bits per heavy atom. The monoisotopic (exact) mass is 332 g/mol. The van der Waals surface area contributed by atoms with Crippen LogP contribution in [0.4, 0.5) is 4.79 Å². The van der Waals surface area contributed by atoms with Gasteiger partial charge in [-0.1, -0.05) is 19.3 Å². The maximum absolute atomic E-state index is 12.0. The van der Waals surface area contributed by atoms with Crippen LogP contribution in [-0.2, 0) is 10.2 Å². The fourth-order valence-electron chi connectivity index (χ4n) is 3.12. The van der Waals surface area contributed by atoms with Crippen LogP contribution in [0.5, 0.6) is 0 Å². The van der Waals surface area contributed by atoms with Crippen molar-refractivity contribution < 1.29 is 13.2 Å². The van der Waals surface area contributed by atoms with E-state index < -0.39 is 10.2 Å². The van der Waals surface area contributed by atoms with Crippen molar-refractivity contribution in [1.82, 2.24) is 19.2 Å². The van der Waals surface area contributed by atoms with Crippen molar-refractivity contribution in [3.8, 4) is 0 Å². The summed E-state index contributed by atoms with van der Waals surface area (Å²) >= 11 is 0. The van der Waals surface area contributed by atoms with Gasteiger partial charge >= 0.3 is 6.03 Å². The molecule has 2 fully saturated rings. The van der Waals surface area contributed by atoms with Crippen molar-refractivity contribution in [2.45, 2.75) is 57.0 Å². The minimum atomic E-state index is -3.34. The van der Waals surface area contributed by atoms with Crippen LogP contribution in [0.15, 0.2) is 0 Å². The van der Waals surface area contributed by atoms with Crippen LogP contribution in [-0.4, -0.2) is 62.3 Å². The Hall–Kier alpha value is -0.860. The van der Waals surface area contributed by atoms with E-state index in [0.29, 0.717) is 32.0 Å². The molecule has 0 atom stereocenters. The van der Waals surface area contributed by atoms with E-state index in [2.05, 4.69) is 10.6 Å². The molecule has 128 valence electrons. The number of urea groups is 1. The predicted octanol–water partition coefficient (Wildman–Crippen LogP) is 0.889. The van der Waals surface area contributed by atoms with Crippen molar-refractivity contribution in [2.24, 2.45) is 0 Å². The summed E-state index contributed by atoms with van der Waals surface area (Å²) < 4.78 is 26.8. The lowest BCUT2D eigenvalue weighted by atomic mass is 9.96. The Balaban J connectivity index is 1.74. The van der Waals surface area contributed by atoms with Gasteiger partial charge < -0.3 is 10.6 Å². The van der Waals surface area contributed by atoms with Gasteiger partial charge in [-0.25, -0.2) is 4.79 Å². The number of hydrogen-bond acceptors (Lipinski definition) is 3. The van der Waals surface area contributed by atoms with Crippen LogP contribution < -0.4 is 10.6 Å². The van der Waals surface area contributed by atoms with Crippen LogP contribution in [0.25, 0.3) is 0 Å². The lowest BCUT2D eigenvalue weighted by Gasteiger charge is -2.33. The third-order valence-corrected chi connectivity index (χ3v) is 6.46. The van der Waals surface area contributed by atoms with Gasteiger partial charge in [0.25, 0.3) is 10.2 Å². The quantitative estimate of drug-likeness (QED) is 0.802. The Labute approximate surface area is 133 Å². The fraction of sp³-hybridized carbons (Fsp3) is 0.929. The van der Waals surface area contributed by atoms with Gasteiger partial charge in [0.1, 0.15) is 0 Å². The van der Waals surface area contributed by atoms with Crippen molar-refractivity contribution >= 4 is 16.2 Å². The second-order valence-electron chi connectivity index (χ2n) is 6.42. The number of hydrogen-bond donors (Lipinski definition) is 2. The van der Waals surface area contributed by atoms with E-state index in [4.69, 9.17) is 0 Å². The van der Waals surface area contributed by atoms with E-state index in [1.54, 1.807) is 0 Å². The highest BCUT2D eigenvalue weighted by molar-refractivity contribution is 7.86. The van der Waals surface area contributed by atoms with E-state index in [1.807, 2.05) is 0 Å². The maximum atomic E-state index is 12.0. The van der Waals surface area contributed by atoms with Crippen LogP contribution in [0, 0.1) is 0 Å². The molecule has 1 aliphatic heterocycles. The van der Waals surface area contributed by atoms with Crippen molar-refractivity contribution in [1.29, 1.82) is 0 Å². The molecule has 8 heteroatoms. The van der Waals surface area contributed by atoms with Gasteiger partial charge in [-0.15, -0.1) is 0 Å². The van der Waals surface area contributed by atoms with Crippen LogP contribution in [0.3, 0.4) is 0 Å². The molecule has 0 radical (unpaired) electrons. The molecule has 0 aromatic rings. The molecule has 0 unspecified atom stereocenters. The topological polar surface area (TPSA) is 81.8 Å². The van der Waals surface area contributed by atoms with Crippen molar-refractivity contribution in [3.05, 3.63) is 0 Å². The minimum absolute atomic E-state index is 0.0530. The summed E-state index contributed by atoms with van der Waals surface area (Å²) in [6.07, 6.45) is 7.08. The zero-order valence-electron chi connectivity index (χ0n) is 13.5. The van der Waals surface area contributed by atoms with Crippen LogP contribution in [0.2, 0.25) is 0 Å². The molecule has 0 aromatic heterocycles. The second kappa shape index (κ2) is 7.61. The number of carbonyl (C=O) groups excluding carboxylic acids is 1. The molecule has 1 saturated carbocycles. The summed E-state index contributed by atoms with van der Waals surface area (Å²) in [4.78, 5) is 12.0. The first kappa shape index (κ1) is 17.5. The lowest BCUT2D eigenvalue weighted by Crippen LogP contribution is -2.52. The molecule has 7 nitrogen and oxygen atoms in total. The zero-order valence-corrected chi connectivity index (χ0v) is 14.4. The third kappa shape index (κ3) is 4.57. The summed E-state index contributed by atoms with van der Waals surface area (Å²) in [5.41, 5.74) is 0. The Morgan fingerprint density at radius 1 is 0.955 bits per heavy atom. The molecule has 2 amide bonds. The molecule has 2 N–H and O–H groups in total. The van der Waals surface area contributed by atoms with Gasteiger partial charge in [-0.2, -0.15) is 17.0 Å². The number of nitrogens with zero attached hydrogens (tertiary/aromatic N) is 2. The number of amides is 2. The van der Waals surface area contributed by atoms with Crippen LogP contribution >= 0.6 is 0 Å². The number of carbonyl (C=O) groups is 1. The normalized spacial score (nSPS) is 22.7. The molecule has 1 aliphatic carbocycles. The molecular formula is C14H28N4O3S. The van der Waals surface area contributed by atoms with E-state index >= 15 is 0 Å². The summed E-state index contributed by atoms with van der Waals surface area (Å²) in [7, 11) is -0.258. The molecular weight excluding hydrogens is 304 g/mol. The van der Waals surface area contributed by atoms with Gasteiger partial charge in [-0.05, 0) is 25.7 Å². The smallest absolute Gasteiger partial charge is 0.315 e. The Bertz CT molecular complexity index is 466. The highest BCUT2D eigenvalue weighted by atomic mass is 32.2. The van der Waals surface area contributed by atoms with E-state index in [0.717, 1.165) is 12.8 Å². The zero-order chi connectivity index (χ0) is 16.2. The molecule has 1 heterocycles. The highest BCUT2D eigenvalue weighted by Crippen LogP contribution is 2.18. The lowest BCUT2D eigenvalue weighted by molar-refractivity contribution is 0.219. The van der Waals surface area contributed by atoms with Gasteiger partial charge in [0.2, 0.25) is 0 Å². The maximum Gasteiger partial charge on any atom is 0.315 e. The molecule has 2 aliphatic rings. The number of rotatable bonds is 4. The average molecular weight is 332 g/mol. The predicted molar refractivity (Wildman–Crippen MR) is 85.7 cm³/mol. The van der Waals surface area contributed by atoms with Gasteiger partial charge in [-0.3, -0.25) is 0 Å². The molecule has 2 rings (SSSR count). The highest BCUT2D eigenvalue weighted by Gasteiger charge is 2.30. The SMILES string of the molecule is CN(C)S(=O)(=O)N1CCC(NC(=O)NC2CCCCC2)CC1. The minimum Gasteiger partial charge on any atom is -0.335 e. The Kier molecular flexibility index (Phi) is 6.05. The Morgan fingerprint density at radius 3 is 1.95 bits per heavy atom. The first-order chi connectivity index (χ1) is 10.4. The van der Waals surface area contributed by atoms with E-state index in [1.165, 1.54) is 42.0 Å². The standard InChI is InChI=1S/C14H28N4O3S/c1-17(2)22(20,21)18-10-8-13(9-11-18)16-14(19)15-12-6-4-3-5-7-12/h12-13H,3-11H2,1-2H3,(H2,15,16,19). The molecule has 0 bridgehead atoms. The summed E-state index contributed by atoms with van der Waals surface area (Å²) in [5, 5.41) is 6.02. The largest absolute Gasteiger partial charge is 0.335 e. The molecule has 1 saturated heterocycles. The third-order valence-electron chi connectivity index (χ3n) is 4.52. The number of piperidine rings is 1. The first-order valence-electron chi connectivity index (χ1n) is 8.14. The van der Waals surface area contributed by atoms with Crippen LogP contribution in [0.1, 0.15) is 44.9 Å². The van der Waals surface area contributed by atoms with Gasteiger partial charge in [0, 0.05) is 39.3 Å².